The molecule has 1 heterocycles. The molecule has 0 unspecified atom stereocenters. The van der Waals surface area contributed by atoms with Crippen LogP contribution < -0.4 is 10.6 Å². The van der Waals surface area contributed by atoms with Crippen LogP contribution in [0.3, 0.4) is 0 Å². The van der Waals surface area contributed by atoms with Gasteiger partial charge in [-0.2, -0.15) is 15.0 Å². The van der Waals surface area contributed by atoms with E-state index in [9.17, 15) is 0 Å². The molecule has 0 bridgehead atoms. The maximum Gasteiger partial charge on any atom is 0.231 e. The van der Waals surface area contributed by atoms with Crippen molar-refractivity contribution in [3.8, 4) is 0 Å². The number of halogens is 1. The first-order valence-electron chi connectivity index (χ1n) is 6.32. The normalized spacial score (nSPS) is 10.6. The Hall–Kier alpha value is -1.53. The molecule has 106 valence electrons. The molecular formula is C13H16ClN5S. The van der Waals surface area contributed by atoms with E-state index in [1.165, 1.54) is 11.8 Å². The molecule has 7 heteroatoms. The number of aromatic nitrogens is 3. The highest BCUT2D eigenvalue weighted by molar-refractivity contribution is 7.99. The highest BCUT2D eigenvalue weighted by Crippen LogP contribution is 2.28. The Bertz CT molecular complexity index is 589. The monoisotopic (exact) mass is 309 g/mol. The molecule has 0 aliphatic rings. The summed E-state index contributed by atoms with van der Waals surface area (Å²) in [5.74, 6) is 0.832. The summed E-state index contributed by atoms with van der Waals surface area (Å²) in [5.41, 5.74) is 5.76. The number of hydrogen-bond donors (Lipinski definition) is 1. The van der Waals surface area contributed by atoms with Crippen molar-refractivity contribution in [3.05, 3.63) is 29.3 Å². The molecule has 0 saturated heterocycles. The average Bonchev–Trinajstić information content (AvgIpc) is 2.39. The minimum absolute atomic E-state index is 0.228. The first-order chi connectivity index (χ1) is 9.62. The number of rotatable bonds is 5. The lowest BCUT2D eigenvalue weighted by atomic mass is 10.4. The molecule has 5 nitrogen and oxygen atoms in total. The summed E-state index contributed by atoms with van der Waals surface area (Å²) >= 11 is 7.38. The molecule has 0 atom stereocenters. The molecular weight excluding hydrogens is 294 g/mol. The fourth-order valence-corrected chi connectivity index (χ4v) is 2.76. The molecule has 1 aromatic carbocycles. The predicted molar refractivity (Wildman–Crippen MR) is 83.4 cm³/mol. The van der Waals surface area contributed by atoms with Gasteiger partial charge in [0.05, 0.1) is 0 Å². The smallest absolute Gasteiger partial charge is 0.231 e. The van der Waals surface area contributed by atoms with Crippen LogP contribution in [0.1, 0.15) is 13.8 Å². The summed E-state index contributed by atoms with van der Waals surface area (Å²) < 4.78 is 0. The SMILES string of the molecule is CCN(CC)c1nc(N)nc(Sc2cccc(Cl)c2)n1. The van der Waals surface area contributed by atoms with Crippen molar-refractivity contribution in [2.45, 2.75) is 23.9 Å². The van der Waals surface area contributed by atoms with Crippen LogP contribution in [0.25, 0.3) is 0 Å². The van der Waals surface area contributed by atoms with Gasteiger partial charge >= 0.3 is 0 Å². The standard InChI is InChI=1S/C13H16ClN5S/c1-3-19(4-2)12-16-11(15)17-13(18-12)20-10-7-5-6-9(14)8-10/h5-8H,3-4H2,1-2H3,(H2,15,16,17,18). The highest BCUT2D eigenvalue weighted by Gasteiger charge is 2.10. The highest BCUT2D eigenvalue weighted by atomic mass is 35.5. The van der Waals surface area contributed by atoms with E-state index in [1.54, 1.807) is 0 Å². The zero-order chi connectivity index (χ0) is 14.5. The van der Waals surface area contributed by atoms with Gasteiger partial charge in [-0.25, -0.2) is 0 Å². The van der Waals surface area contributed by atoms with Crippen LogP contribution in [0.15, 0.2) is 34.3 Å². The molecule has 2 rings (SSSR count). The molecule has 0 aliphatic carbocycles. The van der Waals surface area contributed by atoms with Gasteiger partial charge in [0.2, 0.25) is 11.9 Å². The lowest BCUT2D eigenvalue weighted by Crippen LogP contribution is -2.25. The Morgan fingerprint density at radius 3 is 2.60 bits per heavy atom. The second kappa shape index (κ2) is 6.76. The second-order valence-corrected chi connectivity index (χ2v) is 5.49. The van der Waals surface area contributed by atoms with Gasteiger partial charge in [0.25, 0.3) is 0 Å². The van der Waals surface area contributed by atoms with Crippen molar-refractivity contribution >= 4 is 35.3 Å². The number of anilines is 2. The molecule has 0 amide bonds. The Balaban J connectivity index is 2.28. The number of benzene rings is 1. The number of nitrogens with two attached hydrogens (primary N) is 1. The molecule has 0 fully saturated rings. The van der Waals surface area contributed by atoms with E-state index < -0.39 is 0 Å². The van der Waals surface area contributed by atoms with Crippen molar-refractivity contribution in [2.75, 3.05) is 23.7 Å². The van der Waals surface area contributed by atoms with Crippen LogP contribution in [0.4, 0.5) is 11.9 Å². The van der Waals surface area contributed by atoms with Gasteiger partial charge in [0.15, 0.2) is 5.16 Å². The minimum atomic E-state index is 0.228. The minimum Gasteiger partial charge on any atom is -0.368 e. The van der Waals surface area contributed by atoms with Gasteiger partial charge in [-0.15, -0.1) is 0 Å². The van der Waals surface area contributed by atoms with E-state index in [2.05, 4.69) is 15.0 Å². The Morgan fingerprint density at radius 2 is 1.95 bits per heavy atom. The topological polar surface area (TPSA) is 67.9 Å². The first-order valence-corrected chi connectivity index (χ1v) is 7.51. The van der Waals surface area contributed by atoms with Crippen LogP contribution in [0, 0.1) is 0 Å². The van der Waals surface area contributed by atoms with Crippen LogP contribution >= 0.6 is 23.4 Å². The Kier molecular flexibility index (Phi) is 5.03. The lowest BCUT2D eigenvalue weighted by molar-refractivity contribution is 0.787. The van der Waals surface area contributed by atoms with E-state index in [-0.39, 0.29) is 5.95 Å². The van der Waals surface area contributed by atoms with E-state index in [0.717, 1.165) is 18.0 Å². The van der Waals surface area contributed by atoms with E-state index in [1.807, 2.05) is 43.0 Å². The van der Waals surface area contributed by atoms with E-state index in [4.69, 9.17) is 17.3 Å². The quantitative estimate of drug-likeness (QED) is 0.915. The summed E-state index contributed by atoms with van der Waals surface area (Å²) in [4.78, 5) is 15.8. The van der Waals surface area contributed by atoms with Crippen molar-refractivity contribution in [2.24, 2.45) is 0 Å². The third-order valence-electron chi connectivity index (χ3n) is 2.67. The predicted octanol–water partition coefficient (Wildman–Crippen LogP) is 3.10. The largest absolute Gasteiger partial charge is 0.368 e. The molecule has 0 aliphatic heterocycles. The first kappa shape index (κ1) is 14.9. The zero-order valence-electron chi connectivity index (χ0n) is 11.4. The molecule has 2 N–H and O–H groups in total. The van der Waals surface area contributed by atoms with Gasteiger partial charge in [-0.3, -0.25) is 0 Å². The maximum atomic E-state index is 5.97. The summed E-state index contributed by atoms with van der Waals surface area (Å²) in [6.45, 7) is 5.74. The van der Waals surface area contributed by atoms with Crippen molar-refractivity contribution in [1.29, 1.82) is 0 Å². The van der Waals surface area contributed by atoms with E-state index >= 15 is 0 Å². The van der Waals surface area contributed by atoms with Crippen molar-refractivity contribution < 1.29 is 0 Å². The number of hydrogen-bond acceptors (Lipinski definition) is 6. The van der Waals surface area contributed by atoms with Gasteiger partial charge in [-0.1, -0.05) is 17.7 Å². The van der Waals surface area contributed by atoms with Crippen molar-refractivity contribution in [1.82, 2.24) is 15.0 Å². The average molecular weight is 310 g/mol. The second-order valence-electron chi connectivity index (χ2n) is 4.01. The molecule has 1 aromatic heterocycles. The molecule has 0 saturated carbocycles. The van der Waals surface area contributed by atoms with Crippen molar-refractivity contribution in [3.63, 3.8) is 0 Å². The van der Waals surface area contributed by atoms with Gasteiger partial charge < -0.3 is 10.6 Å². The summed E-state index contributed by atoms with van der Waals surface area (Å²) in [7, 11) is 0. The lowest BCUT2D eigenvalue weighted by Gasteiger charge is -2.18. The van der Waals surface area contributed by atoms with Crippen LogP contribution in [0.5, 0.6) is 0 Å². The molecule has 2 aromatic rings. The number of nitrogen functional groups attached to an aromatic ring is 1. The van der Waals surface area contributed by atoms with Gasteiger partial charge in [-0.05, 0) is 43.8 Å². The zero-order valence-corrected chi connectivity index (χ0v) is 12.9. The van der Waals surface area contributed by atoms with Crippen LogP contribution in [-0.4, -0.2) is 28.0 Å². The third kappa shape index (κ3) is 3.74. The van der Waals surface area contributed by atoms with Crippen LogP contribution in [0.2, 0.25) is 5.02 Å². The Labute approximate surface area is 127 Å². The summed E-state index contributed by atoms with van der Waals surface area (Å²) in [5, 5.41) is 1.25. The molecule has 0 spiro atoms. The molecule has 20 heavy (non-hydrogen) atoms. The van der Waals surface area contributed by atoms with E-state index in [0.29, 0.717) is 16.1 Å². The van der Waals surface area contributed by atoms with Gasteiger partial charge in [0.1, 0.15) is 0 Å². The summed E-state index contributed by atoms with van der Waals surface area (Å²) in [6.07, 6.45) is 0. The molecule has 0 radical (unpaired) electrons. The maximum absolute atomic E-state index is 5.97. The number of nitrogens with zero attached hydrogens (tertiary/aromatic N) is 4. The fourth-order valence-electron chi connectivity index (χ4n) is 1.69. The Morgan fingerprint density at radius 1 is 1.20 bits per heavy atom. The third-order valence-corrected chi connectivity index (χ3v) is 3.76. The van der Waals surface area contributed by atoms with Crippen LogP contribution in [-0.2, 0) is 0 Å². The summed E-state index contributed by atoms with van der Waals surface area (Å²) in [6, 6.07) is 7.53. The fraction of sp³-hybridized carbons (Fsp3) is 0.308. The van der Waals surface area contributed by atoms with Gasteiger partial charge in [0, 0.05) is 23.0 Å².